The van der Waals surface area contributed by atoms with Crippen LogP contribution in [0.15, 0.2) is 60.7 Å². The topological polar surface area (TPSA) is 57.7 Å². The predicted molar refractivity (Wildman–Crippen MR) is 101 cm³/mol. The quantitative estimate of drug-likeness (QED) is 0.823. The number of likely N-dealkylation sites (N-methyl/N-ethyl adjacent to an activating group) is 1. The van der Waals surface area contributed by atoms with Crippen LogP contribution in [0, 0.1) is 0 Å². The molecule has 25 heavy (non-hydrogen) atoms. The van der Waals surface area contributed by atoms with Gasteiger partial charge in [-0.05, 0) is 30.7 Å². The molecule has 0 aromatic heterocycles. The van der Waals surface area contributed by atoms with Gasteiger partial charge in [-0.3, -0.25) is 4.79 Å². The van der Waals surface area contributed by atoms with Crippen molar-refractivity contribution >= 4 is 27.1 Å². The van der Waals surface area contributed by atoms with Gasteiger partial charge in [-0.25, -0.2) is 8.42 Å². The van der Waals surface area contributed by atoms with Crippen molar-refractivity contribution in [2.75, 3.05) is 34.9 Å². The smallest absolute Gasteiger partial charge is 0.246 e. The molecule has 1 heterocycles. The number of para-hydroxylation sites is 2. The highest BCUT2D eigenvalue weighted by atomic mass is 32.2. The van der Waals surface area contributed by atoms with Crippen LogP contribution in [0.3, 0.4) is 0 Å². The number of carbonyl (C=O) groups excluding carboxylic acids is 1. The highest BCUT2D eigenvalue weighted by molar-refractivity contribution is 7.91. The second-order valence-electron chi connectivity index (χ2n) is 6.35. The molecule has 0 spiro atoms. The van der Waals surface area contributed by atoms with Crippen LogP contribution in [0.1, 0.15) is 6.42 Å². The number of hydrogen-bond acceptors (Lipinski definition) is 4. The number of sulfone groups is 1. The van der Waals surface area contributed by atoms with Crippen LogP contribution in [0.25, 0.3) is 0 Å². The zero-order chi connectivity index (χ0) is 17.9. The third-order valence-corrected chi connectivity index (χ3v) is 6.20. The van der Waals surface area contributed by atoms with E-state index < -0.39 is 9.84 Å². The van der Waals surface area contributed by atoms with Crippen LogP contribution in [0.2, 0.25) is 0 Å². The molecule has 2 aromatic carbocycles. The lowest BCUT2D eigenvalue weighted by atomic mass is 10.1. The molecule has 5 nitrogen and oxygen atoms in total. The molecule has 1 aliphatic rings. The summed E-state index contributed by atoms with van der Waals surface area (Å²) in [6.07, 6.45) is 0.484. The van der Waals surface area contributed by atoms with Gasteiger partial charge in [0.2, 0.25) is 5.91 Å². The molecule has 0 saturated carbocycles. The molecule has 0 radical (unpaired) electrons. The molecule has 132 valence electrons. The normalized spacial score (nSPS) is 18.7. The van der Waals surface area contributed by atoms with Crippen LogP contribution in [-0.2, 0) is 14.6 Å². The third kappa shape index (κ3) is 4.20. The van der Waals surface area contributed by atoms with E-state index in [1.54, 1.807) is 4.90 Å². The highest BCUT2D eigenvalue weighted by Crippen LogP contribution is 2.25. The van der Waals surface area contributed by atoms with Crippen LogP contribution in [0.4, 0.5) is 11.4 Å². The Balaban J connectivity index is 1.83. The van der Waals surface area contributed by atoms with Gasteiger partial charge in [0.15, 0.2) is 9.84 Å². The van der Waals surface area contributed by atoms with Gasteiger partial charge in [-0.15, -0.1) is 0 Å². The fraction of sp³-hybridized carbons (Fsp3) is 0.316. The average Bonchev–Trinajstić information content (AvgIpc) is 2.96. The van der Waals surface area contributed by atoms with Crippen LogP contribution in [-0.4, -0.2) is 45.5 Å². The first-order valence-corrected chi connectivity index (χ1v) is 10.1. The van der Waals surface area contributed by atoms with Gasteiger partial charge in [0.1, 0.15) is 0 Å². The Kier molecular flexibility index (Phi) is 5.08. The second-order valence-corrected chi connectivity index (χ2v) is 8.58. The van der Waals surface area contributed by atoms with Gasteiger partial charge in [-0.2, -0.15) is 0 Å². The molecule has 1 amide bonds. The van der Waals surface area contributed by atoms with Crippen molar-refractivity contribution < 1.29 is 13.2 Å². The van der Waals surface area contributed by atoms with E-state index in [0.717, 1.165) is 11.4 Å². The molecule has 6 heteroatoms. The molecule has 0 bridgehead atoms. The van der Waals surface area contributed by atoms with Gasteiger partial charge >= 0.3 is 0 Å². The Morgan fingerprint density at radius 3 is 2.08 bits per heavy atom. The number of anilines is 2. The van der Waals surface area contributed by atoms with Gasteiger partial charge in [0.05, 0.1) is 24.1 Å². The summed E-state index contributed by atoms with van der Waals surface area (Å²) in [7, 11) is -1.21. The lowest BCUT2D eigenvalue weighted by Gasteiger charge is -2.30. The first-order chi connectivity index (χ1) is 12.0. The molecule has 2 aromatic rings. The van der Waals surface area contributed by atoms with E-state index in [4.69, 9.17) is 0 Å². The minimum absolute atomic E-state index is 0.0304. The van der Waals surface area contributed by atoms with E-state index in [-0.39, 0.29) is 30.0 Å². The molecule has 1 fully saturated rings. The number of amides is 1. The first-order valence-electron chi connectivity index (χ1n) is 8.30. The van der Waals surface area contributed by atoms with Crippen molar-refractivity contribution in [2.24, 2.45) is 0 Å². The summed E-state index contributed by atoms with van der Waals surface area (Å²) in [5.41, 5.74) is 1.69. The van der Waals surface area contributed by atoms with Crippen molar-refractivity contribution in [1.82, 2.24) is 0 Å². The van der Waals surface area contributed by atoms with Crippen molar-refractivity contribution in [3.8, 4) is 0 Å². The molecule has 0 N–H and O–H groups in total. The maximum atomic E-state index is 13.0. The standard InChI is InChI=1S/C19H22N2O3S/c1-20(16-8-4-2-5-9-16)14-19(22)21(17-10-6-3-7-11-17)18-12-13-25(23,24)15-18/h2-11,18H,12-15H2,1H3/t18-/m0/s1. The van der Waals surface area contributed by atoms with E-state index in [2.05, 4.69) is 0 Å². The van der Waals surface area contributed by atoms with Gasteiger partial charge in [-0.1, -0.05) is 36.4 Å². The van der Waals surface area contributed by atoms with Crippen molar-refractivity contribution in [3.63, 3.8) is 0 Å². The molecular formula is C19H22N2O3S. The number of carbonyl (C=O) groups is 1. The highest BCUT2D eigenvalue weighted by Gasteiger charge is 2.35. The summed E-state index contributed by atoms with van der Waals surface area (Å²) in [5.74, 6) is 0.0746. The summed E-state index contributed by atoms with van der Waals surface area (Å²) in [4.78, 5) is 16.5. The van der Waals surface area contributed by atoms with Crippen LogP contribution >= 0.6 is 0 Å². The Morgan fingerprint density at radius 1 is 1.00 bits per heavy atom. The minimum Gasteiger partial charge on any atom is -0.365 e. The Hall–Kier alpha value is -2.34. The fourth-order valence-electron chi connectivity index (χ4n) is 3.18. The molecule has 3 rings (SSSR count). The maximum absolute atomic E-state index is 13.0. The molecule has 0 aliphatic carbocycles. The Morgan fingerprint density at radius 2 is 1.56 bits per heavy atom. The molecule has 0 unspecified atom stereocenters. The van der Waals surface area contributed by atoms with Crippen molar-refractivity contribution in [1.29, 1.82) is 0 Å². The molecular weight excluding hydrogens is 336 g/mol. The average molecular weight is 358 g/mol. The fourth-order valence-corrected chi connectivity index (χ4v) is 4.88. The van der Waals surface area contributed by atoms with Crippen LogP contribution < -0.4 is 9.80 Å². The number of benzene rings is 2. The van der Waals surface area contributed by atoms with Gasteiger partial charge < -0.3 is 9.80 Å². The molecule has 1 saturated heterocycles. The summed E-state index contributed by atoms with van der Waals surface area (Å²) in [5, 5.41) is 0. The van der Waals surface area contributed by atoms with E-state index >= 15 is 0 Å². The zero-order valence-corrected chi connectivity index (χ0v) is 15.0. The monoisotopic (exact) mass is 358 g/mol. The van der Waals surface area contributed by atoms with E-state index in [1.807, 2.05) is 72.6 Å². The number of hydrogen-bond donors (Lipinski definition) is 0. The zero-order valence-electron chi connectivity index (χ0n) is 14.2. The van der Waals surface area contributed by atoms with Gasteiger partial charge in [0, 0.05) is 18.4 Å². The first kappa shape index (κ1) is 17.5. The number of rotatable bonds is 5. The van der Waals surface area contributed by atoms with E-state index in [0.29, 0.717) is 6.42 Å². The Labute approximate surface area is 148 Å². The summed E-state index contributed by atoms with van der Waals surface area (Å²) in [6, 6.07) is 18.7. The Bertz CT molecular complexity index is 822. The minimum atomic E-state index is -3.07. The molecule has 1 aliphatic heterocycles. The SMILES string of the molecule is CN(CC(=O)N(c1ccccc1)[C@H]1CCS(=O)(=O)C1)c1ccccc1. The van der Waals surface area contributed by atoms with Crippen molar-refractivity contribution in [2.45, 2.75) is 12.5 Å². The lowest BCUT2D eigenvalue weighted by Crippen LogP contribution is -2.46. The second kappa shape index (κ2) is 7.27. The van der Waals surface area contributed by atoms with Gasteiger partial charge in [0.25, 0.3) is 0 Å². The van der Waals surface area contributed by atoms with Crippen LogP contribution in [0.5, 0.6) is 0 Å². The van der Waals surface area contributed by atoms with E-state index in [9.17, 15) is 13.2 Å². The van der Waals surface area contributed by atoms with E-state index in [1.165, 1.54) is 0 Å². The summed E-state index contributed by atoms with van der Waals surface area (Å²) < 4.78 is 23.8. The number of nitrogens with zero attached hydrogens (tertiary/aromatic N) is 2. The lowest BCUT2D eigenvalue weighted by molar-refractivity contribution is -0.117. The third-order valence-electron chi connectivity index (χ3n) is 4.45. The van der Waals surface area contributed by atoms with Crippen molar-refractivity contribution in [3.05, 3.63) is 60.7 Å². The maximum Gasteiger partial charge on any atom is 0.246 e. The molecule has 1 atom stereocenters. The predicted octanol–water partition coefficient (Wildman–Crippen LogP) is 2.34. The largest absolute Gasteiger partial charge is 0.365 e. The summed E-state index contributed by atoms with van der Waals surface area (Å²) >= 11 is 0. The summed E-state index contributed by atoms with van der Waals surface area (Å²) in [6.45, 7) is 0.190.